The Morgan fingerprint density at radius 2 is 1.23 bits per heavy atom. The summed E-state index contributed by atoms with van der Waals surface area (Å²) in [5.74, 6) is 0. The van der Waals surface area contributed by atoms with Crippen LogP contribution in [0.4, 0.5) is 0 Å². The third-order valence-corrected chi connectivity index (χ3v) is 2.36. The molecule has 0 aliphatic heterocycles. The van der Waals surface area contributed by atoms with Gasteiger partial charge in [0.15, 0.2) is 0 Å². The Labute approximate surface area is 83.9 Å². The molecule has 0 unspecified atom stereocenters. The molecule has 0 radical (unpaired) electrons. The van der Waals surface area contributed by atoms with Crippen LogP contribution in [0.25, 0.3) is 0 Å². The number of aldehydes is 1. The monoisotopic (exact) mass is 189 g/mol. The fourth-order valence-corrected chi connectivity index (χ4v) is 1.00. The maximum atomic E-state index is 10.5. The van der Waals surface area contributed by atoms with Crippen molar-refractivity contribution in [2.75, 3.05) is 7.05 Å². The Bertz CT molecular complexity index is 79.8. The van der Waals surface area contributed by atoms with Gasteiger partial charge in [-0.15, -0.1) is 0 Å². The minimum Gasteiger partial charge on any atom is -0.333 e. The van der Waals surface area contributed by atoms with Crippen LogP contribution in [0.1, 0.15) is 53.9 Å². The van der Waals surface area contributed by atoms with Crippen LogP contribution >= 0.6 is 0 Å². The van der Waals surface area contributed by atoms with E-state index in [0.717, 1.165) is 25.5 Å². The van der Waals surface area contributed by atoms with Gasteiger partial charge in [-0.05, 0) is 26.3 Å². The van der Waals surface area contributed by atoms with Gasteiger partial charge in [0.05, 0.1) is 0 Å². The van der Waals surface area contributed by atoms with Crippen LogP contribution in [-0.4, -0.2) is 13.3 Å². The molecule has 0 aromatic heterocycles. The summed E-state index contributed by atoms with van der Waals surface area (Å²) in [5.41, 5.74) is 4.49. The van der Waals surface area contributed by atoms with E-state index in [0.29, 0.717) is 0 Å². The zero-order valence-electron chi connectivity index (χ0n) is 10.2. The van der Waals surface area contributed by atoms with E-state index >= 15 is 0 Å². The molecule has 0 rings (SSSR count). The van der Waals surface area contributed by atoms with E-state index in [1.807, 2.05) is 13.8 Å². The summed E-state index contributed by atoms with van der Waals surface area (Å²) in [6, 6.07) is 0. The summed E-state index contributed by atoms with van der Waals surface area (Å²) in [6.45, 7) is 10.2. The maximum absolute atomic E-state index is 10.5. The van der Waals surface area contributed by atoms with E-state index in [4.69, 9.17) is 0 Å². The summed E-state index contributed by atoms with van der Waals surface area (Å²) >= 11 is 0. The topological polar surface area (TPSA) is 43.1 Å². The standard InChI is InChI=1S/C8H16O.C2H6.CH5N/c1-4-8(5-2,6-3)7-9;2*1-2/h7H,4-6H2,1-3H3;1-2H3;2H2,1H3. The summed E-state index contributed by atoms with van der Waals surface area (Å²) in [5, 5.41) is 0. The number of nitrogens with two attached hydrogens (primary N) is 1. The second kappa shape index (κ2) is 14.2. The second-order valence-electron chi connectivity index (χ2n) is 2.54. The molecule has 0 aromatic carbocycles. The lowest BCUT2D eigenvalue weighted by Gasteiger charge is -2.21. The molecule has 13 heavy (non-hydrogen) atoms. The fraction of sp³-hybridized carbons (Fsp3) is 0.909. The van der Waals surface area contributed by atoms with E-state index in [1.54, 1.807) is 0 Å². The molecule has 0 bridgehead atoms. The van der Waals surface area contributed by atoms with Crippen molar-refractivity contribution in [2.45, 2.75) is 53.9 Å². The van der Waals surface area contributed by atoms with Gasteiger partial charge in [0.2, 0.25) is 0 Å². The fourth-order valence-electron chi connectivity index (χ4n) is 1.00. The highest BCUT2D eigenvalue weighted by atomic mass is 16.1. The number of carbonyl (C=O) groups is 1. The summed E-state index contributed by atoms with van der Waals surface area (Å²) in [6.07, 6.45) is 4.03. The van der Waals surface area contributed by atoms with Gasteiger partial charge in [0.25, 0.3) is 0 Å². The lowest BCUT2D eigenvalue weighted by molar-refractivity contribution is -0.116. The summed E-state index contributed by atoms with van der Waals surface area (Å²) in [4.78, 5) is 10.5. The lowest BCUT2D eigenvalue weighted by Crippen LogP contribution is -2.18. The van der Waals surface area contributed by atoms with Crippen molar-refractivity contribution in [1.29, 1.82) is 0 Å². The van der Waals surface area contributed by atoms with Gasteiger partial charge in [-0.1, -0.05) is 34.6 Å². The average molecular weight is 189 g/mol. The van der Waals surface area contributed by atoms with Crippen molar-refractivity contribution in [3.05, 3.63) is 0 Å². The van der Waals surface area contributed by atoms with Gasteiger partial charge < -0.3 is 10.5 Å². The molecule has 2 nitrogen and oxygen atoms in total. The molecule has 0 spiro atoms. The highest BCUT2D eigenvalue weighted by molar-refractivity contribution is 5.58. The summed E-state index contributed by atoms with van der Waals surface area (Å²) < 4.78 is 0. The van der Waals surface area contributed by atoms with Crippen LogP contribution in [0.15, 0.2) is 0 Å². The Hall–Kier alpha value is -0.370. The van der Waals surface area contributed by atoms with Gasteiger partial charge in [-0.25, -0.2) is 0 Å². The van der Waals surface area contributed by atoms with Crippen molar-refractivity contribution in [3.8, 4) is 0 Å². The van der Waals surface area contributed by atoms with Crippen molar-refractivity contribution in [3.63, 3.8) is 0 Å². The first kappa shape index (κ1) is 18.4. The second-order valence-corrected chi connectivity index (χ2v) is 2.54. The number of hydrogen-bond acceptors (Lipinski definition) is 2. The van der Waals surface area contributed by atoms with Crippen LogP contribution in [0.3, 0.4) is 0 Å². The zero-order valence-corrected chi connectivity index (χ0v) is 10.2. The van der Waals surface area contributed by atoms with E-state index < -0.39 is 0 Å². The predicted octanol–water partition coefficient (Wildman–Crippen LogP) is 3.00. The highest BCUT2D eigenvalue weighted by Crippen LogP contribution is 2.26. The minimum atomic E-state index is -0.0139. The van der Waals surface area contributed by atoms with E-state index in [2.05, 4.69) is 26.5 Å². The molecular weight excluding hydrogens is 162 g/mol. The molecule has 2 N–H and O–H groups in total. The van der Waals surface area contributed by atoms with Crippen LogP contribution < -0.4 is 5.73 Å². The van der Waals surface area contributed by atoms with Crippen molar-refractivity contribution >= 4 is 6.29 Å². The Kier molecular flexibility index (Phi) is 20.1. The van der Waals surface area contributed by atoms with Crippen molar-refractivity contribution in [1.82, 2.24) is 0 Å². The normalized spacial score (nSPS) is 8.85. The molecule has 0 saturated carbocycles. The molecule has 0 saturated heterocycles. The summed E-state index contributed by atoms with van der Waals surface area (Å²) in [7, 11) is 1.50. The maximum Gasteiger partial charge on any atom is 0.126 e. The van der Waals surface area contributed by atoms with Gasteiger partial charge in [-0.2, -0.15) is 0 Å². The van der Waals surface area contributed by atoms with Crippen LogP contribution in [0.2, 0.25) is 0 Å². The number of rotatable bonds is 4. The molecule has 0 aromatic rings. The van der Waals surface area contributed by atoms with E-state index in [-0.39, 0.29) is 5.41 Å². The first-order valence-corrected chi connectivity index (χ1v) is 5.28. The molecule has 0 amide bonds. The molecule has 0 heterocycles. The minimum absolute atomic E-state index is 0.0139. The third kappa shape index (κ3) is 7.97. The number of hydrogen-bond donors (Lipinski definition) is 1. The molecular formula is C11H27NO. The van der Waals surface area contributed by atoms with Gasteiger partial charge in [0.1, 0.15) is 6.29 Å². The molecule has 0 aliphatic rings. The van der Waals surface area contributed by atoms with Crippen molar-refractivity contribution in [2.24, 2.45) is 11.1 Å². The average Bonchev–Trinajstić information content (AvgIpc) is 2.28. The van der Waals surface area contributed by atoms with Gasteiger partial charge in [-0.3, -0.25) is 0 Å². The largest absolute Gasteiger partial charge is 0.333 e. The first-order valence-electron chi connectivity index (χ1n) is 5.28. The molecule has 2 heteroatoms. The third-order valence-electron chi connectivity index (χ3n) is 2.36. The van der Waals surface area contributed by atoms with Gasteiger partial charge in [0, 0.05) is 5.41 Å². The van der Waals surface area contributed by atoms with Crippen molar-refractivity contribution < 1.29 is 4.79 Å². The smallest absolute Gasteiger partial charge is 0.126 e. The molecule has 82 valence electrons. The molecule has 0 atom stereocenters. The Morgan fingerprint density at radius 3 is 1.23 bits per heavy atom. The molecule has 0 fully saturated rings. The molecule has 0 aliphatic carbocycles. The van der Waals surface area contributed by atoms with E-state index in [9.17, 15) is 4.79 Å². The van der Waals surface area contributed by atoms with Crippen LogP contribution in [0.5, 0.6) is 0 Å². The predicted molar refractivity (Wildman–Crippen MR) is 60.8 cm³/mol. The lowest BCUT2D eigenvalue weighted by atomic mass is 9.82. The zero-order chi connectivity index (χ0) is 11.3. The SMILES string of the molecule is CC.CCC(C=O)(CC)CC.CN. The van der Waals surface area contributed by atoms with Gasteiger partial charge >= 0.3 is 0 Å². The number of carbonyl (C=O) groups excluding carboxylic acids is 1. The van der Waals surface area contributed by atoms with Crippen LogP contribution in [0, 0.1) is 5.41 Å². The Morgan fingerprint density at radius 1 is 1.00 bits per heavy atom. The Balaban J connectivity index is -0.000000218. The first-order chi connectivity index (χ1) is 6.24. The highest BCUT2D eigenvalue weighted by Gasteiger charge is 2.21. The quantitative estimate of drug-likeness (QED) is 0.691. The van der Waals surface area contributed by atoms with Crippen LogP contribution in [-0.2, 0) is 4.79 Å². The van der Waals surface area contributed by atoms with E-state index in [1.165, 1.54) is 7.05 Å².